The highest BCUT2D eigenvalue weighted by molar-refractivity contribution is 7.09. The number of rotatable bonds is 15. The van der Waals surface area contributed by atoms with Gasteiger partial charge in [0.1, 0.15) is 18.7 Å². The van der Waals surface area contributed by atoms with Crippen molar-refractivity contribution in [3.63, 3.8) is 0 Å². The highest BCUT2D eigenvalue weighted by Crippen LogP contribution is 2.22. The molecule has 1 saturated heterocycles. The molecule has 4 rings (SSSR count). The van der Waals surface area contributed by atoms with Crippen molar-refractivity contribution in [2.75, 3.05) is 40.4 Å². The van der Waals surface area contributed by atoms with Crippen molar-refractivity contribution in [2.45, 2.75) is 56.8 Å². The lowest BCUT2D eigenvalue weighted by molar-refractivity contribution is -0.149. The Bertz CT molecular complexity index is 1330. The zero-order chi connectivity index (χ0) is 31.5. The predicted octanol–water partition coefficient (Wildman–Crippen LogP) is 3.12. The van der Waals surface area contributed by atoms with Crippen LogP contribution < -0.4 is 10.6 Å². The van der Waals surface area contributed by atoms with E-state index in [2.05, 4.69) is 10.6 Å². The van der Waals surface area contributed by atoms with Crippen molar-refractivity contribution < 1.29 is 24.2 Å². The van der Waals surface area contributed by atoms with Gasteiger partial charge in [0.25, 0.3) is 0 Å². The molecule has 0 saturated carbocycles. The number of hydrogen-bond donors (Lipinski definition) is 3. The van der Waals surface area contributed by atoms with Gasteiger partial charge in [0.05, 0.1) is 12.7 Å². The number of amides is 3. The van der Waals surface area contributed by atoms with Gasteiger partial charge in [-0.1, -0.05) is 60.7 Å². The highest BCUT2D eigenvalue weighted by atomic mass is 32.1. The molecule has 9 nitrogen and oxygen atoms in total. The second-order valence-corrected chi connectivity index (χ2v) is 12.5. The standard InChI is InChI=1S/C34H44N4O5S/c1-24(39)21-36-33(41)30(20-29-12-8-18-44-29)38(3)34(42)31(37(2)32(40)23-43-22-28-11-7-17-35-28)19-25-13-15-27(16-14-25)26-9-5-4-6-10-26/h4-6,8-10,12-16,18,24,28,30-31,35,39H,7,11,17,19-23H2,1-3H3,(H,36,41). The summed E-state index contributed by atoms with van der Waals surface area (Å²) in [7, 11) is 3.23. The van der Waals surface area contributed by atoms with E-state index in [1.54, 1.807) is 21.0 Å². The minimum Gasteiger partial charge on any atom is -0.392 e. The SMILES string of the molecule is CC(O)CNC(=O)C(Cc1cccs1)N(C)C(=O)C(Cc1ccc(-c2ccccc2)cc1)N(C)C(=O)COCC1CCCN1. The van der Waals surface area contributed by atoms with Gasteiger partial charge in [-0.3, -0.25) is 14.4 Å². The summed E-state index contributed by atoms with van der Waals surface area (Å²) in [5.74, 6) is -1.01. The van der Waals surface area contributed by atoms with Crippen LogP contribution in [-0.4, -0.2) is 97.3 Å². The quantitative estimate of drug-likeness (QED) is 0.241. The summed E-state index contributed by atoms with van der Waals surface area (Å²) < 4.78 is 5.75. The summed E-state index contributed by atoms with van der Waals surface area (Å²) in [6.45, 7) is 2.91. The van der Waals surface area contributed by atoms with Crippen molar-refractivity contribution in [1.29, 1.82) is 0 Å². The largest absolute Gasteiger partial charge is 0.392 e. The lowest BCUT2D eigenvalue weighted by Crippen LogP contribution is -2.56. The molecular weight excluding hydrogens is 576 g/mol. The molecule has 1 aliphatic heterocycles. The van der Waals surface area contributed by atoms with Crippen molar-refractivity contribution in [1.82, 2.24) is 20.4 Å². The summed E-state index contributed by atoms with van der Waals surface area (Å²) >= 11 is 1.51. The van der Waals surface area contributed by atoms with Gasteiger partial charge in [-0.15, -0.1) is 11.3 Å². The number of aliphatic hydroxyl groups is 1. The number of likely N-dealkylation sites (N-methyl/N-ethyl adjacent to an activating group) is 2. The summed E-state index contributed by atoms with van der Waals surface area (Å²) in [4.78, 5) is 44.8. The van der Waals surface area contributed by atoms with Crippen LogP contribution in [0, 0.1) is 0 Å². The van der Waals surface area contributed by atoms with Crippen molar-refractivity contribution >= 4 is 29.1 Å². The first kappa shape index (κ1) is 33.3. The molecule has 2 heterocycles. The Morgan fingerprint density at radius 3 is 2.34 bits per heavy atom. The fourth-order valence-corrected chi connectivity index (χ4v) is 6.06. The maximum absolute atomic E-state index is 14.2. The van der Waals surface area contributed by atoms with Gasteiger partial charge < -0.3 is 30.3 Å². The van der Waals surface area contributed by atoms with Crippen LogP contribution in [0.2, 0.25) is 0 Å². The molecule has 4 atom stereocenters. The number of thiophene rings is 1. The van der Waals surface area contributed by atoms with Crippen LogP contribution in [0.15, 0.2) is 72.1 Å². The van der Waals surface area contributed by atoms with Gasteiger partial charge in [-0.05, 0) is 54.4 Å². The normalized spacial score (nSPS) is 16.6. The number of nitrogens with one attached hydrogen (secondary N) is 2. The molecule has 1 aromatic heterocycles. The van der Waals surface area contributed by atoms with Crippen LogP contribution >= 0.6 is 11.3 Å². The van der Waals surface area contributed by atoms with Gasteiger partial charge in [-0.25, -0.2) is 0 Å². The van der Waals surface area contributed by atoms with Gasteiger partial charge in [0, 0.05) is 44.4 Å². The average molecular weight is 621 g/mol. The first-order chi connectivity index (χ1) is 21.2. The minimum absolute atomic E-state index is 0.0740. The Hall–Kier alpha value is -3.57. The van der Waals surface area contributed by atoms with Gasteiger partial charge in [0.2, 0.25) is 17.7 Å². The number of nitrogens with zero attached hydrogens (tertiary/aromatic N) is 2. The maximum Gasteiger partial charge on any atom is 0.249 e. The van der Waals surface area contributed by atoms with Crippen LogP contribution in [0.1, 0.15) is 30.2 Å². The molecule has 1 fully saturated rings. The number of aliphatic hydroxyl groups excluding tert-OH is 1. The third-order valence-electron chi connectivity index (χ3n) is 8.01. The third-order valence-corrected chi connectivity index (χ3v) is 8.91. The van der Waals surface area contributed by atoms with E-state index in [9.17, 15) is 19.5 Å². The van der Waals surface area contributed by atoms with Crippen LogP contribution in [0.3, 0.4) is 0 Å². The van der Waals surface area contributed by atoms with Crippen LogP contribution in [0.25, 0.3) is 11.1 Å². The zero-order valence-electron chi connectivity index (χ0n) is 25.8. The van der Waals surface area contributed by atoms with Gasteiger partial charge >= 0.3 is 0 Å². The molecule has 44 heavy (non-hydrogen) atoms. The van der Waals surface area contributed by atoms with E-state index in [-0.39, 0.29) is 43.3 Å². The number of hydrogen-bond acceptors (Lipinski definition) is 7. The Morgan fingerprint density at radius 1 is 0.977 bits per heavy atom. The molecule has 0 aliphatic carbocycles. The molecule has 4 unspecified atom stereocenters. The van der Waals surface area contributed by atoms with E-state index in [1.165, 1.54) is 21.1 Å². The Kier molecular flexibility index (Phi) is 12.5. The van der Waals surface area contributed by atoms with Crippen molar-refractivity contribution in [2.24, 2.45) is 0 Å². The number of carbonyl (C=O) groups excluding carboxylic acids is 3. The fraction of sp³-hybridized carbons (Fsp3) is 0.441. The highest BCUT2D eigenvalue weighted by Gasteiger charge is 2.35. The smallest absolute Gasteiger partial charge is 0.249 e. The van der Waals surface area contributed by atoms with Gasteiger partial charge in [-0.2, -0.15) is 0 Å². The molecule has 0 radical (unpaired) electrons. The van der Waals surface area contributed by atoms with E-state index in [1.807, 2.05) is 72.1 Å². The first-order valence-corrected chi connectivity index (χ1v) is 16.1. The molecular formula is C34H44N4O5S. The number of benzene rings is 2. The molecule has 10 heteroatoms. The Balaban J connectivity index is 1.54. The second-order valence-electron chi connectivity index (χ2n) is 11.4. The molecule has 2 aromatic carbocycles. The average Bonchev–Trinajstić information content (AvgIpc) is 3.76. The van der Waals surface area contributed by atoms with E-state index in [0.29, 0.717) is 13.0 Å². The van der Waals surface area contributed by atoms with E-state index >= 15 is 0 Å². The van der Waals surface area contributed by atoms with Crippen LogP contribution in [0.5, 0.6) is 0 Å². The maximum atomic E-state index is 14.2. The summed E-state index contributed by atoms with van der Waals surface area (Å²) in [5, 5.41) is 17.8. The second kappa shape index (κ2) is 16.5. The lowest BCUT2D eigenvalue weighted by atomic mass is 9.98. The third kappa shape index (κ3) is 9.46. The Morgan fingerprint density at radius 2 is 1.70 bits per heavy atom. The summed E-state index contributed by atoms with van der Waals surface area (Å²) in [5.41, 5.74) is 3.03. The summed E-state index contributed by atoms with van der Waals surface area (Å²) in [6.07, 6.45) is 1.96. The Labute approximate surface area is 264 Å². The van der Waals surface area contributed by atoms with Crippen LogP contribution in [-0.2, 0) is 32.0 Å². The molecule has 3 N–H and O–H groups in total. The van der Waals surface area contributed by atoms with E-state index < -0.39 is 18.2 Å². The lowest BCUT2D eigenvalue weighted by Gasteiger charge is -2.34. The molecule has 1 aliphatic rings. The number of carbonyl (C=O) groups is 3. The topological polar surface area (TPSA) is 111 Å². The molecule has 0 spiro atoms. The van der Waals surface area contributed by atoms with Gasteiger partial charge in [0.15, 0.2) is 0 Å². The predicted molar refractivity (Wildman–Crippen MR) is 173 cm³/mol. The fourth-order valence-electron chi connectivity index (χ4n) is 5.32. The van der Waals surface area contributed by atoms with Crippen LogP contribution in [0.4, 0.5) is 0 Å². The van der Waals surface area contributed by atoms with Crippen molar-refractivity contribution in [3.8, 4) is 11.1 Å². The van der Waals surface area contributed by atoms with Crippen molar-refractivity contribution in [3.05, 3.63) is 82.6 Å². The van der Waals surface area contributed by atoms with E-state index in [0.717, 1.165) is 41.0 Å². The molecule has 3 aromatic rings. The molecule has 236 valence electrons. The van der Waals surface area contributed by atoms with E-state index in [4.69, 9.17) is 4.74 Å². The monoisotopic (exact) mass is 620 g/mol. The first-order valence-electron chi connectivity index (χ1n) is 15.2. The summed E-state index contributed by atoms with van der Waals surface area (Å²) in [6, 6.07) is 20.4. The molecule has 0 bridgehead atoms. The number of ether oxygens (including phenoxy) is 1. The minimum atomic E-state index is -0.862. The zero-order valence-corrected chi connectivity index (χ0v) is 26.6. The molecule has 3 amide bonds.